The van der Waals surface area contributed by atoms with E-state index in [-0.39, 0.29) is 18.3 Å². The topological polar surface area (TPSA) is 52.1 Å². The van der Waals surface area contributed by atoms with Gasteiger partial charge >= 0.3 is 5.97 Å². The molecule has 5 heteroatoms. The molecule has 3 aromatic rings. The first-order chi connectivity index (χ1) is 13.3. The lowest BCUT2D eigenvalue weighted by Gasteiger charge is -2.15. The van der Waals surface area contributed by atoms with Crippen molar-refractivity contribution in [2.24, 2.45) is 0 Å². The Kier molecular flexibility index (Phi) is 5.21. The number of benzene rings is 2. The van der Waals surface area contributed by atoms with Crippen LogP contribution in [0.4, 0.5) is 0 Å². The van der Waals surface area contributed by atoms with Crippen molar-refractivity contribution in [1.82, 2.24) is 9.97 Å². The molecule has 1 aromatic heterocycles. The van der Waals surface area contributed by atoms with Gasteiger partial charge < -0.3 is 4.74 Å². The molecule has 0 saturated carbocycles. The van der Waals surface area contributed by atoms with Crippen LogP contribution in [0.15, 0.2) is 65.7 Å². The van der Waals surface area contributed by atoms with Crippen LogP contribution in [-0.2, 0) is 16.0 Å². The first kappa shape index (κ1) is 17.7. The third-order valence-electron chi connectivity index (χ3n) is 4.58. The van der Waals surface area contributed by atoms with Crippen LogP contribution in [0.5, 0.6) is 0 Å². The van der Waals surface area contributed by atoms with E-state index in [0.717, 1.165) is 27.6 Å². The highest BCUT2D eigenvalue weighted by atomic mass is 32.2. The van der Waals surface area contributed by atoms with Crippen molar-refractivity contribution in [2.45, 2.75) is 24.3 Å². The summed E-state index contributed by atoms with van der Waals surface area (Å²) in [6.07, 6.45) is 0.169. The number of fused-ring (bicyclic) bond motifs is 1. The lowest BCUT2D eigenvalue weighted by molar-refractivity contribution is -0.142. The van der Waals surface area contributed by atoms with Crippen molar-refractivity contribution in [3.8, 4) is 11.4 Å². The molecule has 1 unspecified atom stereocenters. The molecule has 0 amide bonds. The van der Waals surface area contributed by atoms with Crippen molar-refractivity contribution >= 4 is 17.7 Å². The van der Waals surface area contributed by atoms with Crippen molar-refractivity contribution < 1.29 is 9.53 Å². The third-order valence-corrected chi connectivity index (χ3v) is 5.66. The fourth-order valence-corrected chi connectivity index (χ4v) is 4.60. The Bertz CT molecular complexity index is 945. The van der Waals surface area contributed by atoms with Crippen molar-refractivity contribution in [3.63, 3.8) is 0 Å². The summed E-state index contributed by atoms with van der Waals surface area (Å²) < 4.78 is 5.19. The molecular weight excluding hydrogens is 356 g/mol. The molecule has 2 heterocycles. The maximum absolute atomic E-state index is 12.2. The largest absolute Gasteiger partial charge is 0.466 e. The molecule has 1 atom stereocenters. The number of ether oxygens (including phenoxy) is 1. The smallest absolute Gasteiger partial charge is 0.311 e. The summed E-state index contributed by atoms with van der Waals surface area (Å²) in [4.78, 5) is 21.8. The van der Waals surface area contributed by atoms with Crippen LogP contribution in [-0.4, -0.2) is 28.3 Å². The van der Waals surface area contributed by atoms with Crippen LogP contribution in [0.3, 0.4) is 0 Å². The number of rotatable bonds is 5. The Morgan fingerprint density at radius 1 is 1.07 bits per heavy atom. The average Bonchev–Trinajstić information content (AvgIpc) is 3.14. The highest BCUT2D eigenvalue weighted by molar-refractivity contribution is 7.99. The van der Waals surface area contributed by atoms with E-state index in [4.69, 9.17) is 14.7 Å². The van der Waals surface area contributed by atoms with Crippen molar-refractivity contribution in [2.75, 3.05) is 12.4 Å². The number of hydrogen-bond acceptors (Lipinski definition) is 5. The van der Waals surface area contributed by atoms with Crippen LogP contribution in [0.1, 0.15) is 29.7 Å². The van der Waals surface area contributed by atoms with E-state index in [2.05, 4.69) is 12.1 Å². The molecule has 0 aliphatic carbocycles. The predicted octanol–water partition coefficient (Wildman–Crippen LogP) is 4.49. The van der Waals surface area contributed by atoms with Crippen LogP contribution in [0.25, 0.3) is 11.4 Å². The van der Waals surface area contributed by atoms with Crippen LogP contribution >= 0.6 is 11.8 Å². The van der Waals surface area contributed by atoms with Crippen LogP contribution in [0.2, 0.25) is 0 Å². The highest BCUT2D eigenvalue weighted by Crippen LogP contribution is 2.44. The second kappa shape index (κ2) is 7.92. The summed E-state index contributed by atoms with van der Waals surface area (Å²) >= 11 is 1.73. The molecule has 0 bridgehead atoms. The number of aromatic nitrogens is 2. The van der Waals surface area contributed by atoms with Gasteiger partial charge in [0, 0.05) is 22.8 Å². The summed E-state index contributed by atoms with van der Waals surface area (Å²) in [5.41, 5.74) is 4.02. The maximum atomic E-state index is 12.2. The van der Waals surface area contributed by atoms with Gasteiger partial charge in [-0.25, -0.2) is 9.97 Å². The molecule has 0 radical (unpaired) electrons. The zero-order chi connectivity index (χ0) is 18.6. The van der Waals surface area contributed by atoms with Gasteiger partial charge in [-0.2, -0.15) is 0 Å². The van der Waals surface area contributed by atoms with Crippen molar-refractivity contribution in [1.29, 1.82) is 0 Å². The quantitative estimate of drug-likeness (QED) is 0.485. The number of hydrogen-bond donors (Lipinski definition) is 0. The number of carbonyl (C=O) groups is 1. The molecule has 0 fully saturated rings. The number of esters is 1. The molecule has 1 aliphatic heterocycles. The van der Waals surface area contributed by atoms with Gasteiger partial charge in [-0.1, -0.05) is 60.7 Å². The highest BCUT2D eigenvalue weighted by Gasteiger charge is 2.31. The zero-order valence-electron chi connectivity index (χ0n) is 15.1. The van der Waals surface area contributed by atoms with Crippen LogP contribution in [0, 0.1) is 0 Å². The Morgan fingerprint density at radius 2 is 1.78 bits per heavy atom. The predicted molar refractivity (Wildman–Crippen MR) is 107 cm³/mol. The average molecular weight is 376 g/mol. The van der Waals surface area contributed by atoms with E-state index in [1.54, 1.807) is 11.8 Å². The lowest BCUT2D eigenvalue weighted by Crippen LogP contribution is -2.14. The minimum Gasteiger partial charge on any atom is -0.466 e. The summed E-state index contributed by atoms with van der Waals surface area (Å²) in [7, 11) is 0. The number of carbonyl (C=O) groups excluding carboxylic acids is 1. The van der Waals surface area contributed by atoms with Gasteiger partial charge in [0.15, 0.2) is 5.82 Å². The van der Waals surface area contributed by atoms with E-state index in [1.165, 1.54) is 5.56 Å². The molecule has 1 aliphatic rings. The molecule has 27 heavy (non-hydrogen) atoms. The Morgan fingerprint density at radius 3 is 2.48 bits per heavy atom. The van der Waals surface area contributed by atoms with E-state index in [1.807, 2.05) is 55.5 Å². The fraction of sp³-hybridized carbons (Fsp3) is 0.227. The monoisotopic (exact) mass is 376 g/mol. The first-order valence-electron chi connectivity index (χ1n) is 9.06. The second-order valence-corrected chi connectivity index (χ2v) is 7.34. The third kappa shape index (κ3) is 3.74. The van der Waals surface area contributed by atoms with E-state index < -0.39 is 0 Å². The molecule has 2 aromatic carbocycles. The second-order valence-electron chi connectivity index (χ2n) is 6.33. The molecule has 0 N–H and O–H groups in total. The minimum absolute atomic E-state index is 0.169. The van der Waals surface area contributed by atoms with Gasteiger partial charge in [-0.05, 0) is 12.5 Å². The Labute approximate surface area is 163 Å². The molecule has 136 valence electrons. The van der Waals surface area contributed by atoms with Gasteiger partial charge in [-0.3, -0.25) is 4.79 Å². The van der Waals surface area contributed by atoms with Crippen LogP contribution < -0.4 is 0 Å². The maximum Gasteiger partial charge on any atom is 0.311 e. The molecule has 0 saturated heterocycles. The summed E-state index contributed by atoms with van der Waals surface area (Å²) in [6, 6.07) is 20.2. The van der Waals surface area contributed by atoms with E-state index >= 15 is 0 Å². The van der Waals surface area contributed by atoms with E-state index in [9.17, 15) is 4.79 Å². The molecule has 4 nitrogen and oxygen atoms in total. The SMILES string of the molecule is CCOC(=O)Cc1nc(-c2ccccc2)nc2c1C(c1ccccc1)CS2. The lowest BCUT2D eigenvalue weighted by atomic mass is 9.92. The van der Waals surface area contributed by atoms with Gasteiger partial charge in [0.05, 0.1) is 18.7 Å². The molecule has 4 rings (SSSR count). The van der Waals surface area contributed by atoms with Gasteiger partial charge in [0.1, 0.15) is 5.03 Å². The fourth-order valence-electron chi connectivity index (χ4n) is 3.35. The summed E-state index contributed by atoms with van der Waals surface area (Å²) in [6.45, 7) is 2.19. The first-order valence-corrected chi connectivity index (χ1v) is 10.0. The zero-order valence-corrected chi connectivity index (χ0v) is 15.9. The number of thioether (sulfide) groups is 1. The summed E-state index contributed by atoms with van der Waals surface area (Å²) in [5, 5.41) is 0.969. The molecular formula is C22H20N2O2S. The summed E-state index contributed by atoms with van der Waals surface area (Å²) in [5.74, 6) is 1.51. The van der Waals surface area contributed by atoms with Gasteiger partial charge in [-0.15, -0.1) is 11.8 Å². The van der Waals surface area contributed by atoms with E-state index in [0.29, 0.717) is 12.4 Å². The minimum atomic E-state index is -0.249. The number of nitrogens with zero attached hydrogens (tertiary/aromatic N) is 2. The van der Waals surface area contributed by atoms with Crippen molar-refractivity contribution in [3.05, 3.63) is 77.5 Å². The normalized spacial score (nSPS) is 15.4. The molecule has 0 spiro atoms. The Balaban J connectivity index is 1.80. The van der Waals surface area contributed by atoms with Gasteiger partial charge in [0.25, 0.3) is 0 Å². The Hall–Kier alpha value is -2.66. The van der Waals surface area contributed by atoms with Gasteiger partial charge in [0.2, 0.25) is 0 Å². The standard InChI is InChI=1S/C22H20N2O2S/c1-2-26-19(25)13-18-20-17(15-9-5-3-6-10-15)14-27-22(20)24-21(23-18)16-11-7-4-8-12-16/h3-12,17H,2,13-14H2,1H3.